The zero-order chi connectivity index (χ0) is 23.3. The Kier molecular flexibility index (Phi) is 6.50. The zero-order valence-corrected chi connectivity index (χ0v) is 20.7. The molecule has 0 aromatic rings. The lowest BCUT2D eigenvalue weighted by atomic mass is 9.44. The summed E-state index contributed by atoms with van der Waals surface area (Å²) in [4.78, 5) is 36.6. The van der Waals surface area contributed by atoms with Crippen LogP contribution in [0.1, 0.15) is 91.9 Å². The normalized spacial score (nSPS) is 44.1. The number of Topliss-reactive ketones (excluding diaryl/α,β-unsaturated/α-hetero) is 1. The van der Waals surface area contributed by atoms with Crippen molar-refractivity contribution < 1.29 is 23.9 Å². The number of rotatable bonds is 5. The summed E-state index contributed by atoms with van der Waals surface area (Å²) in [6.07, 6.45) is 9.48. The first-order valence-electron chi connectivity index (χ1n) is 12.9. The fourth-order valence-electron chi connectivity index (χ4n) is 8.97. The minimum absolute atomic E-state index is 0.0439. The molecule has 4 saturated carbocycles. The molecule has 0 aromatic heterocycles. The third kappa shape index (κ3) is 3.92. The standard InChI is InChI=1S/C27H42O5/c1-16(6-9-25(30)31-5)20-7-8-21-19-15-24(29)23-14-18(32-17(2)28)10-12-27(23,4)22(19)11-13-26(20,21)3/h16,18-23H,6-15H2,1-5H3/t16-,18-,19+,20?,21+,22+,23+,26-,27-/m1/s1. The third-order valence-corrected chi connectivity index (χ3v) is 10.5. The van der Waals surface area contributed by atoms with E-state index in [2.05, 4.69) is 20.8 Å². The molecule has 32 heavy (non-hydrogen) atoms. The summed E-state index contributed by atoms with van der Waals surface area (Å²) >= 11 is 0. The molecule has 5 nitrogen and oxygen atoms in total. The van der Waals surface area contributed by atoms with Crippen molar-refractivity contribution in [3.63, 3.8) is 0 Å². The molecule has 0 N–H and O–H groups in total. The first-order valence-corrected chi connectivity index (χ1v) is 12.9. The van der Waals surface area contributed by atoms with E-state index in [4.69, 9.17) is 9.47 Å². The van der Waals surface area contributed by atoms with Crippen molar-refractivity contribution in [2.24, 2.45) is 46.3 Å². The Balaban J connectivity index is 1.50. The number of methoxy groups -OCH3 is 1. The highest BCUT2D eigenvalue weighted by Crippen LogP contribution is 2.67. The maximum atomic E-state index is 13.4. The molecule has 0 heterocycles. The van der Waals surface area contributed by atoms with Crippen LogP contribution in [0.3, 0.4) is 0 Å². The highest BCUT2D eigenvalue weighted by molar-refractivity contribution is 5.83. The lowest BCUT2D eigenvalue weighted by Gasteiger charge is -2.60. The van der Waals surface area contributed by atoms with Crippen LogP contribution in [0, 0.1) is 46.3 Å². The van der Waals surface area contributed by atoms with Crippen molar-refractivity contribution in [3.05, 3.63) is 0 Å². The van der Waals surface area contributed by atoms with Gasteiger partial charge in [0, 0.05) is 25.7 Å². The van der Waals surface area contributed by atoms with Gasteiger partial charge in [0.15, 0.2) is 0 Å². The molecule has 4 fully saturated rings. The number of esters is 2. The second-order valence-corrected chi connectivity index (χ2v) is 11.9. The Morgan fingerprint density at radius 1 is 1.06 bits per heavy atom. The van der Waals surface area contributed by atoms with Crippen LogP contribution >= 0.6 is 0 Å². The lowest BCUT2D eigenvalue weighted by molar-refractivity contribution is -0.169. The van der Waals surface area contributed by atoms with Gasteiger partial charge in [0.1, 0.15) is 11.9 Å². The maximum Gasteiger partial charge on any atom is 0.305 e. The predicted molar refractivity (Wildman–Crippen MR) is 122 cm³/mol. The van der Waals surface area contributed by atoms with Gasteiger partial charge in [0.2, 0.25) is 0 Å². The molecular weight excluding hydrogens is 404 g/mol. The molecule has 1 unspecified atom stereocenters. The first kappa shape index (κ1) is 23.8. The van der Waals surface area contributed by atoms with Gasteiger partial charge in [0.05, 0.1) is 7.11 Å². The molecule has 0 amide bonds. The van der Waals surface area contributed by atoms with E-state index in [0.717, 1.165) is 19.3 Å². The predicted octanol–water partition coefficient (Wildman–Crippen LogP) is 5.35. The minimum atomic E-state index is -0.230. The summed E-state index contributed by atoms with van der Waals surface area (Å²) in [7, 11) is 1.47. The van der Waals surface area contributed by atoms with Crippen LogP contribution in [0.4, 0.5) is 0 Å². The second kappa shape index (κ2) is 8.76. The van der Waals surface area contributed by atoms with Crippen LogP contribution in [-0.2, 0) is 23.9 Å². The van der Waals surface area contributed by atoms with Crippen LogP contribution in [-0.4, -0.2) is 30.9 Å². The topological polar surface area (TPSA) is 69.7 Å². The molecular formula is C27H42O5. The summed E-state index contributed by atoms with van der Waals surface area (Å²) < 4.78 is 10.4. The molecule has 4 aliphatic carbocycles. The molecule has 4 rings (SSSR count). The monoisotopic (exact) mass is 446 g/mol. The van der Waals surface area contributed by atoms with Gasteiger partial charge in [-0.1, -0.05) is 20.8 Å². The Bertz CT molecular complexity index is 761. The quantitative estimate of drug-likeness (QED) is 0.533. The number of ether oxygens (including phenoxy) is 2. The van der Waals surface area contributed by atoms with E-state index in [9.17, 15) is 14.4 Å². The van der Waals surface area contributed by atoms with E-state index in [1.54, 1.807) is 0 Å². The van der Waals surface area contributed by atoms with Crippen LogP contribution in [0.5, 0.6) is 0 Å². The van der Waals surface area contributed by atoms with Crippen LogP contribution < -0.4 is 0 Å². The van der Waals surface area contributed by atoms with Crippen LogP contribution in [0.25, 0.3) is 0 Å². The molecule has 0 radical (unpaired) electrons. The summed E-state index contributed by atoms with van der Waals surface area (Å²) in [5, 5.41) is 0. The molecule has 180 valence electrons. The Labute approximate surface area is 193 Å². The van der Waals surface area contributed by atoms with E-state index in [1.807, 2.05) is 0 Å². The van der Waals surface area contributed by atoms with Crippen molar-refractivity contribution in [3.8, 4) is 0 Å². The number of carbonyl (C=O) groups excluding carboxylic acids is 3. The molecule has 0 spiro atoms. The van der Waals surface area contributed by atoms with Gasteiger partial charge in [-0.2, -0.15) is 0 Å². The maximum absolute atomic E-state index is 13.4. The summed E-state index contributed by atoms with van der Waals surface area (Å²) in [5.41, 5.74) is 0.321. The molecule has 4 aliphatic rings. The average molecular weight is 447 g/mol. The van der Waals surface area contributed by atoms with E-state index in [0.29, 0.717) is 54.6 Å². The van der Waals surface area contributed by atoms with Gasteiger partial charge in [-0.3, -0.25) is 14.4 Å². The number of hydrogen-bond acceptors (Lipinski definition) is 5. The second-order valence-electron chi connectivity index (χ2n) is 11.9. The highest BCUT2D eigenvalue weighted by Gasteiger charge is 2.62. The lowest BCUT2D eigenvalue weighted by Crippen LogP contribution is -2.57. The van der Waals surface area contributed by atoms with Crippen LogP contribution in [0.15, 0.2) is 0 Å². The van der Waals surface area contributed by atoms with Crippen LogP contribution in [0.2, 0.25) is 0 Å². The van der Waals surface area contributed by atoms with Gasteiger partial charge in [-0.25, -0.2) is 0 Å². The highest BCUT2D eigenvalue weighted by atomic mass is 16.5. The molecule has 0 aromatic carbocycles. The van der Waals surface area contributed by atoms with Crippen molar-refractivity contribution in [2.75, 3.05) is 7.11 Å². The zero-order valence-electron chi connectivity index (χ0n) is 20.7. The Morgan fingerprint density at radius 3 is 2.44 bits per heavy atom. The van der Waals surface area contributed by atoms with Gasteiger partial charge >= 0.3 is 11.9 Å². The van der Waals surface area contributed by atoms with Crippen molar-refractivity contribution in [1.29, 1.82) is 0 Å². The Morgan fingerprint density at radius 2 is 1.75 bits per heavy atom. The summed E-state index contributed by atoms with van der Waals surface area (Å²) in [6.45, 7) is 8.63. The number of fused-ring (bicyclic) bond motifs is 5. The van der Waals surface area contributed by atoms with Crippen molar-refractivity contribution in [1.82, 2.24) is 0 Å². The van der Waals surface area contributed by atoms with Gasteiger partial charge < -0.3 is 9.47 Å². The summed E-state index contributed by atoms with van der Waals surface area (Å²) in [6, 6.07) is 0. The SMILES string of the molecule is COC(=O)CC[C@@H](C)C1CC[C@H]2[C@@H]3CC(=O)[C@@H]4C[C@H](OC(C)=O)CC[C@]4(C)[C@H]3CC[C@]12C. The van der Waals surface area contributed by atoms with E-state index in [-0.39, 0.29) is 34.8 Å². The fourth-order valence-corrected chi connectivity index (χ4v) is 8.97. The third-order valence-electron chi connectivity index (χ3n) is 10.5. The number of carbonyl (C=O) groups is 3. The minimum Gasteiger partial charge on any atom is -0.469 e. The Hall–Kier alpha value is -1.39. The average Bonchev–Trinajstić information content (AvgIpc) is 3.10. The number of hydrogen-bond donors (Lipinski definition) is 0. The van der Waals surface area contributed by atoms with E-state index in [1.165, 1.54) is 39.7 Å². The molecule has 9 atom stereocenters. The van der Waals surface area contributed by atoms with E-state index >= 15 is 0 Å². The van der Waals surface area contributed by atoms with Gasteiger partial charge in [-0.15, -0.1) is 0 Å². The summed E-state index contributed by atoms with van der Waals surface area (Å²) in [5.74, 6) is 2.95. The fraction of sp³-hybridized carbons (Fsp3) is 0.889. The van der Waals surface area contributed by atoms with Gasteiger partial charge in [-0.05, 0) is 91.8 Å². The molecule has 5 heteroatoms. The molecule has 0 saturated heterocycles. The van der Waals surface area contributed by atoms with E-state index < -0.39 is 0 Å². The number of ketones is 1. The first-order chi connectivity index (χ1) is 15.1. The molecule has 0 aliphatic heterocycles. The van der Waals surface area contributed by atoms with Crippen molar-refractivity contribution >= 4 is 17.7 Å². The van der Waals surface area contributed by atoms with Crippen molar-refractivity contribution in [2.45, 2.75) is 98.0 Å². The smallest absolute Gasteiger partial charge is 0.305 e. The molecule has 0 bridgehead atoms. The van der Waals surface area contributed by atoms with Gasteiger partial charge in [0.25, 0.3) is 0 Å². The largest absolute Gasteiger partial charge is 0.469 e.